The molecule has 1 heterocycles. The van der Waals surface area contributed by atoms with Crippen LogP contribution in [-0.4, -0.2) is 69.2 Å². The molecule has 1 aromatic heterocycles. The molecular weight excluding hydrogens is 490 g/mol. The van der Waals surface area contributed by atoms with Crippen LogP contribution in [0.5, 0.6) is 0 Å². The molecule has 0 fully saturated rings. The molecule has 3 amide bonds. The molecule has 0 aliphatic heterocycles. The van der Waals surface area contributed by atoms with Crippen LogP contribution in [0, 0.1) is 11.8 Å². The van der Waals surface area contributed by atoms with Crippen molar-refractivity contribution in [3.8, 4) is 0 Å². The lowest BCUT2D eigenvalue weighted by Crippen LogP contribution is -2.60. The highest BCUT2D eigenvalue weighted by Crippen LogP contribution is 2.19. The van der Waals surface area contributed by atoms with E-state index in [1.165, 1.54) is 6.92 Å². The van der Waals surface area contributed by atoms with Crippen molar-refractivity contribution in [3.05, 3.63) is 36.0 Å². The number of aliphatic hydroxyl groups excluding tert-OH is 1. The maximum Gasteiger partial charge on any atom is 0.326 e. The fourth-order valence-electron chi connectivity index (χ4n) is 4.12. The average Bonchev–Trinajstić information content (AvgIpc) is 3.27. The lowest BCUT2D eigenvalue weighted by molar-refractivity contribution is -0.142. The normalized spacial score (nSPS) is 16.2. The number of para-hydroxylation sites is 1. The van der Waals surface area contributed by atoms with Gasteiger partial charge in [0.25, 0.3) is 0 Å². The number of carboxylic acid groups (broad SMARTS) is 1. The fourth-order valence-corrected chi connectivity index (χ4v) is 4.12. The second-order valence-electron chi connectivity index (χ2n) is 10.3. The third kappa shape index (κ3) is 8.29. The zero-order valence-corrected chi connectivity index (χ0v) is 22.7. The van der Waals surface area contributed by atoms with Crippen molar-refractivity contribution >= 4 is 34.6 Å². The Balaban J connectivity index is 2.17. The van der Waals surface area contributed by atoms with Gasteiger partial charge in [-0.2, -0.15) is 0 Å². The number of hydrogen-bond donors (Lipinski definition) is 7. The number of rotatable bonds is 14. The second kappa shape index (κ2) is 13.9. The molecule has 6 unspecified atom stereocenters. The van der Waals surface area contributed by atoms with Crippen molar-refractivity contribution in [1.82, 2.24) is 20.9 Å². The molecular formula is C27H41N5O6. The quantitative estimate of drug-likeness (QED) is 0.190. The van der Waals surface area contributed by atoms with E-state index in [9.17, 15) is 29.4 Å². The van der Waals surface area contributed by atoms with Crippen LogP contribution < -0.4 is 21.7 Å². The number of nitrogens with two attached hydrogens (primary N) is 1. The van der Waals surface area contributed by atoms with Crippen molar-refractivity contribution in [3.63, 3.8) is 0 Å². The molecule has 0 aliphatic rings. The number of fused-ring (bicyclic) bond motifs is 1. The van der Waals surface area contributed by atoms with Crippen molar-refractivity contribution in [2.75, 3.05) is 0 Å². The highest BCUT2D eigenvalue weighted by Gasteiger charge is 2.33. The fraction of sp³-hybridized carbons (Fsp3) is 0.556. The van der Waals surface area contributed by atoms with E-state index in [4.69, 9.17) is 5.73 Å². The predicted molar refractivity (Wildman–Crippen MR) is 144 cm³/mol. The van der Waals surface area contributed by atoms with E-state index >= 15 is 0 Å². The summed E-state index contributed by atoms with van der Waals surface area (Å²) in [4.78, 5) is 53.9. The monoisotopic (exact) mass is 531 g/mol. The van der Waals surface area contributed by atoms with Crippen molar-refractivity contribution in [1.29, 1.82) is 0 Å². The Bertz CT molecular complexity index is 1110. The first-order valence-corrected chi connectivity index (χ1v) is 13.0. The summed E-state index contributed by atoms with van der Waals surface area (Å²) in [5.41, 5.74) is 7.54. The zero-order valence-electron chi connectivity index (χ0n) is 22.7. The highest BCUT2D eigenvalue weighted by atomic mass is 16.4. The molecule has 2 rings (SSSR count). The number of aliphatic carboxylic acids is 1. The average molecular weight is 532 g/mol. The van der Waals surface area contributed by atoms with Gasteiger partial charge in [-0.05, 0) is 36.8 Å². The Morgan fingerprint density at radius 2 is 1.58 bits per heavy atom. The van der Waals surface area contributed by atoms with Crippen LogP contribution in [-0.2, 0) is 25.6 Å². The molecule has 11 heteroatoms. The molecule has 0 spiro atoms. The van der Waals surface area contributed by atoms with E-state index in [1.54, 1.807) is 13.1 Å². The Hall–Kier alpha value is -3.44. The molecule has 0 saturated carbocycles. The van der Waals surface area contributed by atoms with E-state index < -0.39 is 54.0 Å². The first-order valence-electron chi connectivity index (χ1n) is 13.0. The van der Waals surface area contributed by atoms with E-state index in [0.717, 1.165) is 16.5 Å². The van der Waals surface area contributed by atoms with E-state index in [2.05, 4.69) is 20.9 Å². The van der Waals surface area contributed by atoms with Crippen LogP contribution >= 0.6 is 0 Å². The standard InChI is InChI=1S/C27H41N5O6/c1-6-15(4)22(28)25(35)32-23(16(5)33)26(36)30-20(11-14(2)3)24(34)31-21(27(37)38)12-17-13-29-19-10-8-7-9-18(17)19/h7-10,13-16,20-23,29,33H,6,11-12,28H2,1-5H3,(H,30,36)(H,31,34)(H,32,35)(H,37,38). The number of benzene rings is 1. The maximum absolute atomic E-state index is 13.2. The second-order valence-corrected chi connectivity index (χ2v) is 10.3. The van der Waals surface area contributed by atoms with Crippen LogP contribution in [0.3, 0.4) is 0 Å². The van der Waals surface area contributed by atoms with Gasteiger partial charge in [-0.15, -0.1) is 0 Å². The van der Waals surface area contributed by atoms with Gasteiger partial charge in [0.05, 0.1) is 12.1 Å². The van der Waals surface area contributed by atoms with Crippen molar-refractivity contribution in [2.24, 2.45) is 17.6 Å². The Labute approximate surface area is 222 Å². The zero-order chi connectivity index (χ0) is 28.6. The molecule has 0 bridgehead atoms. The van der Waals surface area contributed by atoms with Gasteiger partial charge in [0.2, 0.25) is 17.7 Å². The maximum atomic E-state index is 13.2. The number of hydrogen-bond acceptors (Lipinski definition) is 6. The molecule has 0 aliphatic carbocycles. The van der Waals surface area contributed by atoms with Gasteiger partial charge >= 0.3 is 5.97 Å². The number of H-pyrrole nitrogens is 1. The predicted octanol–water partition coefficient (Wildman–Crippen LogP) is 1.05. The van der Waals surface area contributed by atoms with Gasteiger partial charge < -0.3 is 36.9 Å². The van der Waals surface area contributed by atoms with E-state index in [0.29, 0.717) is 6.42 Å². The van der Waals surface area contributed by atoms with Gasteiger partial charge in [0, 0.05) is 23.5 Å². The molecule has 0 radical (unpaired) electrons. The summed E-state index contributed by atoms with van der Waals surface area (Å²) in [5.74, 6) is -3.42. The van der Waals surface area contributed by atoms with E-state index in [-0.39, 0.29) is 24.7 Å². The molecule has 2 aromatic rings. The van der Waals surface area contributed by atoms with Crippen LogP contribution in [0.1, 0.15) is 53.0 Å². The smallest absolute Gasteiger partial charge is 0.326 e. The molecule has 38 heavy (non-hydrogen) atoms. The minimum absolute atomic E-state index is 0.0265. The van der Waals surface area contributed by atoms with E-state index in [1.807, 2.05) is 45.0 Å². The number of amides is 3. The number of carbonyl (C=O) groups excluding carboxylic acids is 3. The number of carbonyl (C=O) groups is 4. The van der Waals surface area contributed by atoms with Crippen molar-refractivity contribution in [2.45, 2.75) is 84.2 Å². The molecule has 8 N–H and O–H groups in total. The minimum Gasteiger partial charge on any atom is -0.480 e. The Kier molecular flexibility index (Phi) is 11.3. The van der Waals surface area contributed by atoms with Gasteiger partial charge in [0.1, 0.15) is 18.1 Å². The molecule has 6 atom stereocenters. The number of aromatic nitrogens is 1. The van der Waals surface area contributed by atoms with Gasteiger partial charge in [0.15, 0.2) is 0 Å². The molecule has 1 aromatic carbocycles. The summed E-state index contributed by atoms with van der Waals surface area (Å²) in [5, 5.41) is 28.5. The van der Waals surface area contributed by atoms with Crippen LogP contribution in [0.2, 0.25) is 0 Å². The summed E-state index contributed by atoms with van der Waals surface area (Å²) >= 11 is 0. The molecule has 0 saturated heterocycles. The van der Waals surface area contributed by atoms with Crippen LogP contribution in [0.4, 0.5) is 0 Å². The van der Waals surface area contributed by atoms with Gasteiger partial charge in [-0.25, -0.2) is 4.79 Å². The number of aliphatic hydroxyl groups is 1. The summed E-state index contributed by atoms with van der Waals surface area (Å²) in [6.45, 7) is 8.74. The SMILES string of the molecule is CCC(C)C(N)C(=O)NC(C(=O)NC(CC(C)C)C(=O)NC(Cc1c[nH]c2ccccc12)C(=O)O)C(C)O. The molecule has 210 valence electrons. The van der Waals surface area contributed by atoms with Crippen molar-refractivity contribution < 1.29 is 29.4 Å². The lowest BCUT2D eigenvalue weighted by Gasteiger charge is -2.28. The summed E-state index contributed by atoms with van der Waals surface area (Å²) < 4.78 is 0. The first kappa shape index (κ1) is 30.8. The van der Waals surface area contributed by atoms with Gasteiger partial charge in [-0.1, -0.05) is 52.3 Å². The highest BCUT2D eigenvalue weighted by molar-refractivity contribution is 5.94. The Morgan fingerprint density at radius 3 is 2.16 bits per heavy atom. The van der Waals surface area contributed by atoms with Gasteiger partial charge in [-0.3, -0.25) is 14.4 Å². The van der Waals surface area contributed by atoms with Crippen LogP contribution in [0.15, 0.2) is 30.5 Å². The topological polar surface area (TPSA) is 187 Å². The number of aromatic amines is 1. The third-order valence-electron chi connectivity index (χ3n) is 6.68. The number of carboxylic acids is 1. The summed E-state index contributed by atoms with van der Waals surface area (Å²) in [6.07, 6.45) is 1.34. The largest absolute Gasteiger partial charge is 0.480 e. The molecule has 11 nitrogen and oxygen atoms in total. The lowest BCUT2D eigenvalue weighted by atomic mass is 9.98. The minimum atomic E-state index is -1.35. The first-order chi connectivity index (χ1) is 17.8. The summed E-state index contributed by atoms with van der Waals surface area (Å²) in [7, 11) is 0. The Morgan fingerprint density at radius 1 is 0.947 bits per heavy atom. The number of nitrogens with one attached hydrogen (secondary N) is 4. The summed E-state index contributed by atoms with van der Waals surface area (Å²) in [6, 6.07) is 2.89. The van der Waals surface area contributed by atoms with Crippen LogP contribution in [0.25, 0.3) is 10.9 Å². The third-order valence-corrected chi connectivity index (χ3v) is 6.68.